The lowest BCUT2D eigenvalue weighted by Gasteiger charge is -2.27. The summed E-state index contributed by atoms with van der Waals surface area (Å²) in [6.45, 7) is 1.49. The minimum atomic E-state index is 0.244. The van der Waals surface area contributed by atoms with Gasteiger partial charge in [-0.2, -0.15) is 0 Å². The average Bonchev–Trinajstić information content (AvgIpc) is 2.43. The van der Waals surface area contributed by atoms with Crippen molar-refractivity contribution in [3.05, 3.63) is 70.2 Å². The second-order valence-corrected chi connectivity index (χ2v) is 5.52. The normalized spacial score (nSPS) is 12.6. The predicted molar refractivity (Wildman–Crippen MR) is 83.8 cm³/mol. The molecule has 1 unspecified atom stereocenters. The van der Waals surface area contributed by atoms with Crippen LogP contribution in [0.15, 0.2) is 59.1 Å². The molecule has 3 heteroatoms. The number of hydrogen-bond donors (Lipinski definition) is 1. The third kappa shape index (κ3) is 3.66. The van der Waals surface area contributed by atoms with E-state index in [1.165, 1.54) is 11.1 Å². The molecule has 0 heterocycles. The third-order valence-corrected chi connectivity index (χ3v) is 4.09. The lowest BCUT2D eigenvalue weighted by molar-refractivity contribution is 0.241. The molecule has 0 bridgehead atoms. The molecule has 0 saturated carbocycles. The second kappa shape index (κ2) is 6.85. The van der Waals surface area contributed by atoms with Crippen LogP contribution in [0.3, 0.4) is 0 Å². The SMILES string of the molecule is CN(Cc1ccccc1Br)C(CN)c1ccccc1. The van der Waals surface area contributed by atoms with E-state index in [9.17, 15) is 0 Å². The van der Waals surface area contributed by atoms with Crippen LogP contribution in [-0.4, -0.2) is 18.5 Å². The van der Waals surface area contributed by atoms with Gasteiger partial charge in [-0.1, -0.05) is 64.5 Å². The molecule has 2 rings (SSSR count). The quantitative estimate of drug-likeness (QED) is 0.913. The molecule has 2 N–H and O–H groups in total. The standard InChI is InChI=1S/C16H19BrN2/c1-19(12-14-9-5-6-10-15(14)17)16(11-18)13-7-3-2-4-8-13/h2-10,16H,11-12,18H2,1H3. The molecule has 2 nitrogen and oxygen atoms in total. The minimum absolute atomic E-state index is 0.244. The summed E-state index contributed by atoms with van der Waals surface area (Å²) in [4.78, 5) is 2.29. The number of halogens is 1. The first kappa shape index (κ1) is 14.3. The Morgan fingerprint density at radius 1 is 1.05 bits per heavy atom. The minimum Gasteiger partial charge on any atom is -0.329 e. The Balaban J connectivity index is 2.14. The highest BCUT2D eigenvalue weighted by Crippen LogP contribution is 2.23. The van der Waals surface area contributed by atoms with Crippen LogP contribution in [0, 0.1) is 0 Å². The van der Waals surface area contributed by atoms with Gasteiger partial charge in [-0.25, -0.2) is 0 Å². The predicted octanol–water partition coefficient (Wildman–Crippen LogP) is 3.58. The van der Waals surface area contributed by atoms with E-state index in [0.717, 1.165) is 11.0 Å². The molecule has 2 aromatic carbocycles. The Morgan fingerprint density at radius 3 is 2.32 bits per heavy atom. The molecule has 0 fully saturated rings. The van der Waals surface area contributed by atoms with Crippen molar-refractivity contribution in [1.29, 1.82) is 0 Å². The van der Waals surface area contributed by atoms with E-state index in [-0.39, 0.29) is 6.04 Å². The third-order valence-electron chi connectivity index (χ3n) is 3.32. The van der Waals surface area contributed by atoms with Gasteiger partial charge < -0.3 is 5.73 Å². The summed E-state index contributed by atoms with van der Waals surface area (Å²) in [6, 6.07) is 19.0. The lowest BCUT2D eigenvalue weighted by atomic mass is 10.1. The molecule has 0 spiro atoms. The molecule has 0 aliphatic heterocycles. The van der Waals surface area contributed by atoms with Crippen molar-refractivity contribution < 1.29 is 0 Å². The fraction of sp³-hybridized carbons (Fsp3) is 0.250. The van der Waals surface area contributed by atoms with Crippen LogP contribution in [0.5, 0.6) is 0 Å². The van der Waals surface area contributed by atoms with E-state index in [1.807, 2.05) is 12.1 Å². The highest BCUT2D eigenvalue weighted by Gasteiger charge is 2.15. The summed E-state index contributed by atoms with van der Waals surface area (Å²) >= 11 is 3.59. The van der Waals surface area contributed by atoms with E-state index in [4.69, 9.17) is 5.73 Å². The Kier molecular flexibility index (Phi) is 5.14. The monoisotopic (exact) mass is 318 g/mol. The van der Waals surface area contributed by atoms with Gasteiger partial charge in [0.25, 0.3) is 0 Å². The van der Waals surface area contributed by atoms with Gasteiger partial charge in [-0.3, -0.25) is 4.90 Å². The van der Waals surface area contributed by atoms with Gasteiger partial charge in [0.2, 0.25) is 0 Å². The van der Waals surface area contributed by atoms with Crippen LogP contribution in [0.4, 0.5) is 0 Å². The van der Waals surface area contributed by atoms with E-state index in [0.29, 0.717) is 6.54 Å². The van der Waals surface area contributed by atoms with E-state index in [2.05, 4.69) is 70.3 Å². The molecule has 0 radical (unpaired) electrons. The molecule has 0 aliphatic rings. The first-order valence-corrected chi connectivity index (χ1v) is 7.20. The maximum atomic E-state index is 5.94. The Hall–Kier alpha value is -1.16. The summed E-state index contributed by atoms with van der Waals surface area (Å²) in [5.41, 5.74) is 8.48. The van der Waals surface area contributed by atoms with Gasteiger partial charge in [-0.05, 0) is 24.2 Å². The van der Waals surface area contributed by atoms with Crippen LogP contribution in [0.2, 0.25) is 0 Å². The van der Waals surface area contributed by atoms with Crippen molar-refractivity contribution in [2.24, 2.45) is 5.73 Å². The van der Waals surface area contributed by atoms with Crippen molar-refractivity contribution in [1.82, 2.24) is 4.90 Å². The summed E-state index contributed by atoms with van der Waals surface area (Å²) in [5.74, 6) is 0. The van der Waals surface area contributed by atoms with Crippen molar-refractivity contribution in [3.8, 4) is 0 Å². The Labute approximate surface area is 123 Å². The Bertz CT molecular complexity index is 513. The van der Waals surface area contributed by atoms with Gasteiger partial charge in [0, 0.05) is 23.6 Å². The maximum absolute atomic E-state index is 5.94. The Morgan fingerprint density at radius 2 is 1.68 bits per heavy atom. The van der Waals surface area contributed by atoms with Crippen LogP contribution >= 0.6 is 15.9 Å². The smallest absolute Gasteiger partial charge is 0.0470 e. The van der Waals surface area contributed by atoms with E-state index in [1.54, 1.807) is 0 Å². The van der Waals surface area contributed by atoms with Crippen LogP contribution in [-0.2, 0) is 6.54 Å². The van der Waals surface area contributed by atoms with Crippen molar-refractivity contribution >= 4 is 15.9 Å². The number of hydrogen-bond acceptors (Lipinski definition) is 2. The first-order valence-electron chi connectivity index (χ1n) is 6.41. The number of likely N-dealkylation sites (N-methyl/N-ethyl adjacent to an activating group) is 1. The summed E-state index contributed by atoms with van der Waals surface area (Å²) < 4.78 is 1.14. The molecule has 19 heavy (non-hydrogen) atoms. The highest BCUT2D eigenvalue weighted by atomic mass is 79.9. The van der Waals surface area contributed by atoms with Gasteiger partial charge >= 0.3 is 0 Å². The number of benzene rings is 2. The van der Waals surface area contributed by atoms with E-state index < -0.39 is 0 Å². The zero-order chi connectivity index (χ0) is 13.7. The average molecular weight is 319 g/mol. The van der Waals surface area contributed by atoms with Gasteiger partial charge in [0.1, 0.15) is 0 Å². The fourth-order valence-electron chi connectivity index (χ4n) is 2.25. The summed E-state index contributed by atoms with van der Waals surface area (Å²) in [5, 5.41) is 0. The van der Waals surface area contributed by atoms with Gasteiger partial charge in [0.15, 0.2) is 0 Å². The molecule has 0 amide bonds. The van der Waals surface area contributed by atoms with E-state index >= 15 is 0 Å². The molecular formula is C16H19BrN2. The summed E-state index contributed by atoms with van der Waals surface area (Å²) in [6.07, 6.45) is 0. The molecule has 100 valence electrons. The summed E-state index contributed by atoms with van der Waals surface area (Å²) in [7, 11) is 2.12. The first-order chi connectivity index (χ1) is 9.22. The molecular weight excluding hydrogens is 300 g/mol. The van der Waals surface area contributed by atoms with Crippen molar-refractivity contribution in [3.63, 3.8) is 0 Å². The fourth-order valence-corrected chi connectivity index (χ4v) is 2.66. The topological polar surface area (TPSA) is 29.3 Å². The van der Waals surface area contributed by atoms with Crippen LogP contribution < -0.4 is 5.73 Å². The lowest BCUT2D eigenvalue weighted by Crippen LogP contribution is -2.30. The zero-order valence-corrected chi connectivity index (χ0v) is 12.7. The molecule has 1 atom stereocenters. The van der Waals surface area contributed by atoms with Crippen molar-refractivity contribution in [2.45, 2.75) is 12.6 Å². The second-order valence-electron chi connectivity index (χ2n) is 4.67. The number of rotatable bonds is 5. The largest absolute Gasteiger partial charge is 0.329 e. The number of nitrogens with zero attached hydrogens (tertiary/aromatic N) is 1. The maximum Gasteiger partial charge on any atom is 0.0470 e. The number of nitrogens with two attached hydrogens (primary N) is 1. The van der Waals surface area contributed by atoms with Crippen LogP contribution in [0.1, 0.15) is 17.2 Å². The molecule has 0 saturated heterocycles. The zero-order valence-electron chi connectivity index (χ0n) is 11.1. The van der Waals surface area contributed by atoms with Gasteiger partial charge in [-0.15, -0.1) is 0 Å². The molecule has 0 aromatic heterocycles. The molecule has 2 aromatic rings. The van der Waals surface area contributed by atoms with Gasteiger partial charge in [0.05, 0.1) is 0 Å². The highest BCUT2D eigenvalue weighted by molar-refractivity contribution is 9.10. The van der Waals surface area contributed by atoms with Crippen molar-refractivity contribution in [2.75, 3.05) is 13.6 Å². The molecule has 0 aliphatic carbocycles. The van der Waals surface area contributed by atoms with Crippen LogP contribution in [0.25, 0.3) is 0 Å².